The van der Waals surface area contributed by atoms with Gasteiger partial charge in [0.2, 0.25) is 0 Å². The van der Waals surface area contributed by atoms with Crippen molar-refractivity contribution in [1.82, 2.24) is 10.2 Å². The molecule has 0 spiro atoms. The summed E-state index contributed by atoms with van der Waals surface area (Å²) in [5.41, 5.74) is 4.74. The summed E-state index contributed by atoms with van der Waals surface area (Å²) in [6.45, 7) is 5.08. The van der Waals surface area contributed by atoms with Gasteiger partial charge in [0, 0.05) is 13.6 Å². The first-order valence-electron chi connectivity index (χ1n) is 7.23. The fraction of sp³-hybridized carbons (Fsp3) is 0.278. The van der Waals surface area contributed by atoms with Crippen molar-refractivity contribution >= 4 is 5.96 Å². The molecule has 1 heterocycles. The van der Waals surface area contributed by atoms with Crippen molar-refractivity contribution in [2.24, 2.45) is 0 Å². The van der Waals surface area contributed by atoms with Crippen LogP contribution >= 0.6 is 0 Å². The fourth-order valence-electron chi connectivity index (χ4n) is 2.98. The van der Waals surface area contributed by atoms with E-state index < -0.39 is 0 Å². The van der Waals surface area contributed by atoms with Gasteiger partial charge in [-0.05, 0) is 36.6 Å². The van der Waals surface area contributed by atoms with Crippen molar-refractivity contribution in [1.29, 1.82) is 5.41 Å². The lowest BCUT2D eigenvalue weighted by Crippen LogP contribution is -2.37. The Morgan fingerprint density at radius 1 is 1.10 bits per heavy atom. The molecule has 1 saturated heterocycles. The summed E-state index contributed by atoms with van der Waals surface area (Å²) in [6.07, 6.45) is 0. The SMILES string of the molecule is Cc1cccc(-c2cccc(C3(C)CN(C)C(=N)N3)c2)c1. The summed E-state index contributed by atoms with van der Waals surface area (Å²) in [6, 6.07) is 17.2. The average Bonchev–Trinajstić information content (AvgIpc) is 2.73. The molecule has 3 heteroatoms. The third kappa shape index (κ3) is 2.51. The molecule has 1 atom stereocenters. The molecule has 2 aromatic carbocycles. The maximum Gasteiger partial charge on any atom is 0.191 e. The molecule has 0 amide bonds. The largest absolute Gasteiger partial charge is 0.345 e. The van der Waals surface area contributed by atoms with Crippen LogP contribution in [-0.2, 0) is 5.54 Å². The molecule has 0 bridgehead atoms. The minimum absolute atomic E-state index is 0.203. The van der Waals surface area contributed by atoms with Gasteiger partial charge < -0.3 is 10.2 Å². The Hall–Kier alpha value is -2.29. The molecule has 3 nitrogen and oxygen atoms in total. The molecule has 2 N–H and O–H groups in total. The van der Waals surface area contributed by atoms with Gasteiger partial charge >= 0.3 is 0 Å². The zero-order chi connectivity index (χ0) is 15.0. The Labute approximate surface area is 126 Å². The zero-order valence-corrected chi connectivity index (χ0v) is 12.8. The minimum Gasteiger partial charge on any atom is -0.345 e. The van der Waals surface area contributed by atoms with E-state index in [2.05, 4.69) is 67.7 Å². The van der Waals surface area contributed by atoms with Crippen molar-refractivity contribution in [2.75, 3.05) is 13.6 Å². The van der Waals surface area contributed by atoms with E-state index in [0.717, 1.165) is 6.54 Å². The first-order valence-corrected chi connectivity index (χ1v) is 7.23. The van der Waals surface area contributed by atoms with Gasteiger partial charge in [0.05, 0.1) is 5.54 Å². The molecule has 1 aliphatic rings. The van der Waals surface area contributed by atoms with Gasteiger partial charge in [0.25, 0.3) is 0 Å². The summed E-state index contributed by atoms with van der Waals surface area (Å²) >= 11 is 0. The molecule has 1 aliphatic heterocycles. The predicted octanol–water partition coefficient (Wildman–Crippen LogP) is 3.35. The molecule has 0 radical (unpaired) electrons. The average molecular weight is 279 g/mol. The second-order valence-corrected chi connectivity index (χ2v) is 6.11. The second kappa shape index (κ2) is 4.92. The molecule has 0 aromatic heterocycles. The maximum atomic E-state index is 7.92. The highest BCUT2D eigenvalue weighted by molar-refractivity contribution is 5.80. The van der Waals surface area contributed by atoms with Gasteiger partial charge in [0.15, 0.2) is 5.96 Å². The minimum atomic E-state index is -0.203. The Morgan fingerprint density at radius 2 is 1.76 bits per heavy atom. The van der Waals surface area contributed by atoms with Gasteiger partial charge in [-0.3, -0.25) is 5.41 Å². The van der Waals surface area contributed by atoms with Crippen molar-refractivity contribution in [2.45, 2.75) is 19.4 Å². The van der Waals surface area contributed by atoms with Crippen LogP contribution in [0.25, 0.3) is 11.1 Å². The highest BCUT2D eigenvalue weighted by atomic mass is 15.4. The van der Waals surface area contributed by atoms with Crippen LogP contribution in [-0.4, -0.2) is 24.5 Å². The first-order chi connectivity index (χ1) is 9.98. The molecule has 21 heavy (non-hydrogen) atoms. The third-order valence-corrected chi connectivity index (χ3v) is 4.18. The van der Waals surface area contributed by atoms with E-state index in [9.17, 15) is 0 Å². The summed E-state index contributed by atoms with van der Waals surface area (Å²) in [5, 5.41) is 11.2. The molecular weight excluding hydrogens is 258 g/mol. The van der Waals surface area contributed by atoms with E-state index in [0.29, 0.717) is 5.96 Å². The Morgan fingerprint density at radius 3 is 2.38 bits per heavy atom. The monoisotopic (exact) mass is 279 g/mol. The maximum absolute atomic E-state index is 7.92. The second-order valence-electron chi connectivity index (χ2n) is 6.11. The van der Waals surface area contributed by atoms with Crippen LogP contribution in [0.2, 0.25) is 0 Å². The summed E-state index contributed by atoms with van der Waals surface area (Å²) in [4.78, 5) is 1.94. The van der Waals surface area contributed by atoms with E-state index in [4.69, 9.17) is 5.41 Å². The van der Waals surface area contributed by atoms with Gasteiger partial charge in [-0.2, -0.15) is 0 Å². The van der Waals surface area contributed by atoms with Gasteiger partial charge in [-0.25, -0.2) is 0 Å². The fourth-order valence-corrected chi connectivity index (χ4v) is 2.98. The Balaban J connectivity index is 1.99. The number of benzene rings is 2. The standard InChI is InChI=1S/C18H21N3/c1-13-6-4-7-14(10-13)15-8-5-9-16(11-15)18(2)12-21(3)17(19)20-18/h4-11H,12H2,1-3H3,(H2,19,20). The number of guanidine groups is 1. The summed E-state index contributed by atoms with van der Waals surface area (Å²) < 4.78 is 0. The van der Waals surface area contributed by atoms with Crippen LogP contribution in [0.3, 0.4) is 0 Å². The first kappa shape index (κ1) is 13.7. The van der Waals surface area contributed by atoms with E-state index in [1.165, 1.54) is 22.3 Å². The van der Waals surface area contributed by atoms with E-state index >= 15 is 0 Å². The normalized spacial score (nSPS) is 21.5. The van der Waals surface area contributed by atoms with Crippen LogP contribution < -0.4 is 5.32 Å². The predicted molar refractivity (Wildman–Crippen MR) is 87.5 cm³/mol. The van der Waals surface area contributed by atoms with E-state index in [1.807, 2.05) is 11.9 Å². The van der Waals surface area contributed by atoms with Gasteiger partial charge in [-0.1, -0.05) is 48.0 Å². The number of nitrogens with zero attached hydrogens (tertiary/aromatic N) is 1. The lowest BCUT2D eigenvalue weighted by Gasteiger charge is -2.24. The molecule has 1 unspecified atom stereocenters. The van der Waals surface area contributed by atoms with Crippen LogP contribution in [0.5, 0.6) is 0 Å². The molecule has 0 saturated carbocycles. The van der Waals surface area contributed by atoms with Crippen LogP contribution in [0.15, 0.2) is 48.5 Å². The van der Waals surface area contributed by atoms with E-state index in [-0.39, 0.29) is 5.54 Å². The zero-order valence-electron chi connectivity index (χ0n) is 12.8. The smallest absolute Gasteiger partial charge is 0.191 e. The molecule has 3 rings (SSSR count). The number of aryl methyl sites for hydroxylation is 1. The Bertz CT molecular complexity index is 692. The number of hydrogen-bond donors (Lipinski definition) is 2. The van der Waals surface area contributed by atoms with Crippen LogP contribution in [0, 0.1) is 12.3 Å². The number of likely N-dealkylation sites (N-methyl/N-ethyl adjacent to an activating group) is 1. The topological polar surface area (TPSA) is 39.1 Å². The number of nitrogens with one attached hydrogen (secondary N) is 2. The summed E-state index contributed by atoms with van der Waals surface area (Å²) in [5.74, 6) is 0.485. The van der Waals surface area contributed by atoms with Crippen molar-refractivity contribution in [3.05, 3.63) is 59.7 Å². The van der Waals surface area contributed by atoms with Gasteiger partial charge in [0.1, 0.15) is 0 Å². The lowest BCUT2D eigenvalue weighted by atomic mass is 9.90. The van der Waals surface area contributed by atoms with Crippen molar-refractivity contribution < 1.29 is 0 Å². The van der Waals surface area contributed by atoms with Crippen LogP contribution in [0.1, 0.15) is 18.1 Å². The molecule has 2 aromatic rings. The van der Waals surface area contributed by atoms with Gasteiger partial charge in [-0.15, -0.1) is 0 Å². The molecule has 108 valence electrons. The lowest BCUT2D eigenvalue weighted by molar-refractivity contribution is 0.404. The summed E-state index contributed by atoms with van der Waals surface area (Å²) in [7, 11) is 1.95. The third-order valence-electron chi connectivity index (χ3n) is 4.18. The number of rotatable bonds is 2. The highest BCUT2D eigenvalue weighted by Crippen LogP contribution is 2.30. The number of hydrogen-bond acceptors (Lipinski definition) is 1. The molecular formula is C18H21N3. The van der Waals surface area contributed by atoms with Crippen molar-refractivity contribution in [3.8, 4) is 11.1 Å². The quantitative estimate of drug-likeness (QED) is 0.885. The van der Waals surface area contributed by atoms with E-state index in [1.54, 1.807) is 0 Å². The molecule has 0 aliphatic carbocycles. The molecule has 1 fully saturated rings. The Kier molecular flexibility index (Phi) is 3.20. The van der Waals surface area contributed by atoms with Crippen molar-refractivity contribution in [3.63, 3.8) is 0 Å². The highest BCUT2D eigenvalue weighted by Gasteiger charge is 2.36. The van der Waals surface area contributed by atoms with Crippen LogP contribution in [0.4, 0.5) is 0 Å².